The van der Waals surface area contributed by atoms with E-state index in [0.717, 1.165) is 23.7 Å². The number of hydrogen-bond acceptors (Lipinski definition) is 6. The minimum Gasteiger partial charge on any atom is -0.452 e. The van der Waals surface area contributed by atoms with Crippen molar-refractivity contribution >= 4 is 28.9 Å². The SMILES string of the molecule is CNc1ccc(C(=O)OCC(=O)N2c3ccccc3C[C@H]2C)cc1[N+](=O)[O-]. The van der Waals surface area contributed by atoms with Crippen LogP contribution in [0.2, 0.25) is 0 Å². The molecule has 0 unspecified atom stereocenters. The van der Waals surface area contributed by atoms with Crippen LogP contribution in [0.4, 0.5) is 17.1 Å². The molecule has 2 aromatic carbocycles. The van der Waals surface area contributed by atoms with E-state index in [1.807, 2.05) is 31.2 Å². The highest BCUT2D eigenvalue weighted by atomic mass is 16.6. The maximum atomic E-state index is 12.6. The topological polar surface area (TPSA) is 102 Å². The van der Waals surface area contributed by atoms with Crippen LogP contribution >= 0.6 is 0 Å². The highest BCUT2D eigenvalue weighted by molar-refractivity contribution is 5.99. The Bertz CT molecular complexity index is 912. The van der Waals surface area contributed by atoms with Gasteiger partial charge in [-0.05, 0) is 37.1 Å². The standard InChI is InChI=1S/C19H19N3O5/c1-12-9-13-5-3-4-6-16(13)21(12)18(23)11-27-19(24)14-7-8-15(20-2)17(10-14)22(25)26/h3-8,10,12,20H,9,11H2,1-2H3/t12-/m1/s1. The third kappa shape index (κ3) is 3.59. The lowest BCUT2D eigenvalue weighted by atomic mass is 10.1. The number of anilines is 2. The number of nitrogens with one attached hydrogen (secondary N) is 1. The van der Waals surface area contributed by atoms with Crippen LogP contribution in [0.3, 0.4) is 0 Å². The number of nitro benzene ring substituents is 1. The zero-order chi connectivity index (χ0) is 19.6. The lowest BCUT2D eigenvalue weighted by molar-refractivity contribution is -0.384. The first-order valence-corrected chi connectivity index (χ1v) is 8.45. The van der Waals surface area contributed by atoms with Crippen molar-refractivity contribution in [2.45, 2.75) is 19.4 Å². The van der Waals surface area contributed by atoms with E-state index in [-0.39, 0.29) is 28.9 Å². The number of rotatable bonds is 5. The summed E-state index contributed by atoms with van der Waals surface area (Å²) in [5.74, 6) is -1.11. The van der Waals surface area contributed by atoms with Crippen molar-refractivity contribution in [1.29, 1.82) is 0 Å². The third-order valence-corrected chi connectivity index (χ3v) is 4.50. The molecular weight excluding hydrogens is 350 g/mol. The van der Waals surface area contributed by atoms with Crippen LogP contribution in [0.25, 0.3) is 0 Å². The summed E-state index contributed by atoms with van der Waals surface area (Å²) in [6.45, 7) is 1.50. The zero-order valence-electron chi connectivity index (χ0n) is 15.0. The van der Waals surface area contributed by atoms with Crippen LogP contribution in [0, 0.1) is 10.1 Å². The number of fused-ring (bicyclic) bond motifs is 1. The highest BCUT2D eigenvalue weighted by Gasteiger charge is 2.31. The maximum Gasteiger partial charge on any atom is 0.338 e. The summed E-state index contributed by atoms with van der Waals surface area (Å²) in [6.07, 6.45) is 0.744. The van der Waals surface area contributed by atoms with Crippen molar-refractivity contribution < 1.29 is 19.2 Å². The van der Waals surface area contributed by atoms with E-state index in [1.165, 1.54) is 12.1 Å². The van der Waals surface area contributed by atoms with E-state index in [2.05, 4.69) is 5.32 Å². The number of nitro groups is 1. The molecule has 0 bridgehead atoms. The minimum atomic E-state index is -0.783. The molecule has 8 nitrogen and oxygen atoms in total. The van der Waals surface area contributed by atoms with Gasteiger partial charge >= 0.3 is 5.97 Å². The Morgan fingerprint density at radius 2 is 2.04 bits per heavy atom. The monoisotopic (exact) mass is 369 g/mol. The lowest BCUT2D eigenvalue weighted by Crippen LogP contribution is -2.38. The van der Waals surface area contributed by atoms with E-state index in [9.17, 15) is 19.7 Å². The molecule has 8 heteroatoms. The van der Waals surface area contributed by atoms with Gasteiger partial charge in [0.05, 0.1) is 10.5 Å². The number of hydrogen-bond donors (Lipinski definition) is 1. The van der Waals surface area contributed by atoms with Crippen molar-refractivity contribution in [3.63, 3.8) is 0 Å². The molecule has 1 aliphatic heterocycles. The molecule has 0 fully saturated rings. The summed E-state index contributed by atoms with van der Waals surface area (Å²) in [5, 5.41) is 13.8. The van der Waals surface area contributed by atoms with E-state index in [1.54, 1.807) is 11.9 Å². The Balaban J connectivity index is 1.70. The van der Waals surface area contributed by atoms with Gasteiger partial charge in [0.15, 0.2) is 6.61 Å². The van der Waals surface area contributed by atoms with Gasteiger partial charge in [-0.15, -0.1) is 0 Å². The van der Waals surface area contributed by atoms with Crippen LogP contribution in [0.15, 0.2) is 42.5 Å². The molecule has 1 atom stereocenters. The molecule has 27 heavy (non-hydrogen) atoms. The predicted octanol–water partition coefficient (Wildman–Crippen LogP) is 2.77. The average Bonchev–Trinajstić information content (AvgIpc) is 3.00. The van der Waals surface area contributed by atoms with Crippen LogP contribution < -0.4 is 10.2 Å². The van der Waals surface area contributed by atoms with Gasteiger partial charge in [-0.1, -0.05) is 18.2 Å². The molecule has 2 aromatic rings. The van der Waals surface area contributed by atoms with Crippen LogP contribution in [0.1, 0.15) is 22.8 Å². The number of carbonyl (C=O) groups is 2. The number of benzene rings is 2. The molecule has 140 valence electrons. The summed E-state index contributed by atoms with van der Waals surface area (Å²) < 4.78 is 5.10. The highest BCUT2D eigenvalue weighted by Crippen LogP contribution is 2.32. The molecule has 0 aliphatic carbocycles. The summed E-state index contributed by atoms with van der Waals surface area (Å²) in [6, 6.07) is 11.5. The number of amides is 1. The smallest absolute Gasteiger partial charge is 0.338 e. The first-order valence-electron chi connectivity index (χ1n) is 8.45. The Morgan fingerprint density at radius 1 is 1.30 bits per heavy atom. The van der Waals surface area contributed by atoms with Gasteiger partial charge in [-0.3, -0.25) is 14.9 Å². The molecule has 3 rings (SSSR count). The van der Waals surface area contributed by atoms with E-state index in [0.29, 0.717) is 0 Å². The van der Waals surface area contributed by atoms with Gasteiger partial charge in [-0.2, -0.15) is 0 Å². The summed E-state index contributed by atoms with van der Waals surface area (Å²) in [7, 11) is 1.55. The number of ether oxygens (including phenoxy) is 1. The number of para-hydroxylation sites is 1. The first-order chi connectivity index (χ1) is 12.9. The Hall–Kier alpha value is -3.42. The van der Waals surface area contributed by atoms with Crippen molar-refractivity contribution in [2.24, 2.45) is 0 Å². The van der Waals surface area contributed by atoms with Gasteiger partial charge in [0.1, 0.15) is 5.69 Å². The third-order valence-electron chi connectivity index (χ3n) is 4.50. The van der Waals surface area contributed by atoms with Gasteiger partial charge in [0, 0.05) is 24.8 Å². The van der Waals surface area contributed by atoms with E-state index < -0.39 is 17.5 Å². The van der Waals surface area contributed by atoms with Crippen molar-refractivity contribution in [3.8, 4) is 0 Å². The molecule has 0 spiro atoms. The average molecular weight is 369 g/mol. The number of nitrogens with zero attached hydrogens (tertiary/aromatic N) is 2. The fourth-order valence-corrected chi connectivity index (χ4v) is 3.25. The minimum absolute atomic E-state index is 0.0170. The Labute approximate surface area is 155 Å². The number of carbonyl (C=O) groups excluding carboxylic acids is 2. The molecule has 1 aliphatic rings. The second kappa shape index (κ2) is 7.45. The van der Waals surface area contributed by atoms with Crippen LogP contribution in [-0.2, 0) is 16.0 Å². The fourth-order valence-electron chi connectivity index (χ4n) is 3.25. The molecule has 1 amide bonds. The first kappa shape index (κ1) is 18.4. The number of esters is 1. The quantitative estimate of drug-likeness (QED) is 0.494. The zero-order valence-corrected chi connectivity index (χ0v) is 15.0. The Morgan fingerprint density at radius 3 is 2.74 bits per heavy atom. The second-order valence-corrected chi connectivity index (χ2v) is 6.26. The summed E-state index contributed by atoms with van der Waals surface area (Å²) in [5.41, 5.74) is 1.96. The second-order valence-electron chi connectivity index (χ2n) is 6.26. The molecule has 0 radical (unpaired) electrons. The molecule has 0 saturated carbocycles. The summed E-state index contributed by atoms with van der Waals surface area (Å²) in [4.78, 5) is 36.9. The van der Waals surface area contributed by atoms with Gasteiger partial charge in [0.2, 0.25) is 0 Å². The van der Waals surface area contributed by atoms with Crippen molar-refractivity contribution in [3.05, 3.63) is 63.7 Å². The van der Waals surface area contributed by atoms with Gasteiger partial charge in [-0.25, -0.2) is 4.79 Å². The molecular formula is C19H19N3O5. The van der Waals surface area contributed by atoms with Crippen LogP contribution in [-0.4, -0.2) is 36.5 Å². The van der Waals surface area contributed by atoms with E-state index >= 15 is 0 Å². The van der Waals surface area contributed by atoms with Crippen LogP contribution in [0.5, 0.6) is 0 Å². The summed E-state index contributed by atoms with van der Waals surface area (Å²) >= 11 is 0. The molecule has 1 N–H and O–H groups in total. The fraction of sp³-hybridized carbons (Fsp3) is 0.263. The lowest BCUT2D eigenvalue weighted by Gasteiger charge is -2.22. The van der Waals surface area contributed by atoms with Gasteiger partial charge in [0.25, 0.3) is 11.6 Å². The maximum absolute atomic E-state index is 12.6. The van der Waals surface area contributed by atoms with Crippen molar-refractivity contribution in [1.82, 2.24) is 0 Å². The molecule has 1 heterocycles. The molecule has 0 saturated heterocycles. The largest absolute Gasteiger partial charge is 0.452 e. The normalized spacial score (nSPS) is 15.2. The molecule has 0 aromatic heterocycles. The van der Waals surface area contributed by atoms with Crippen molar-refractivity contribution in [2.75, 3.05) is 23.9 Å². The van der Waals surface area contributed by atoms with E-state index in [4.69, 9.17) is 4.74 Å². The predicted molar refractivity (Wildman–Crippen MR) is 100 cm³/mol. The van der Waals surface area contributed by atoms with Gasteiger partial charge < -0.3 is 15.0 Å². The Kier molecular flexibility index (Phi) is 5.07.